The molecule has 1 heterocycles. The van der Waals surface area contributed by atoms with Gasteiger partial charge in [0.15, 0.2) is 6.61 Å². The molecule has 0 spiro atoms. The van der Waals surface area contributed by atoms with E-state index >= 15 is 0 Å². The summed E-state index contributed by atoms with van der Waals surface area (Å²) in [5.74, 6) is -0.727. The predicted molar refractivity (Wildman–Crippen MR) is 102 cm³/mol. The molecule has 0 unspecified atom stereocenters. The Morgan fingerprint density at radius 3 is 2.82 bits per heavy atom. The standard InChI is InChI=1S/C19H21ClFN3O4/c1-4-16-18(12(3)28-24-16)19(26)22-8-7-11(2)23-17(25)10-27-13-5-6-14(20)15(21)9-13/h5-6,9H,2,4,7-8,10H2,1,3H3,(H,22,26)(H,23,25). The van der Waals surface area contributed by atoms with Crippen LogP contribution in [0.5, 0.6) is 5.75 Å². The number of nitrogens with one attached hydrogen (secondary N) is 2. The van der Waals surface area contributed by atoms with Crippen LogP contribution in [0.2, 0.25) is 5.02 Å². The van der Waals surface area contributed by atoms with Crippen molar-refractivity contribution in [2.45, 2.75) is 26.7 Å². The second kappa shape index (κ2) is 9.89. The van der Waals surface area contributed by atoms with E-state index in [1.54, 1.807) is 6.92 Å². The van der Waals surface area contributed by atoms with Gasteiger partial charge in [-0.25, -0.2) is 4.39 Å². The Bertz CT molecular complexity index is 882. The third-order valence-corrected chi connectivity index (χ3v) is 4.09. The molecule has 0 aliphatic rings. The molecular weight excluding hydrogens is 389 g/mol. The number of ether oxygens (including phenoxy) is 1. The maximum atomic E-state index is 13.3. The third kappa shape index (κ3) is 5.82. The van der Waals surface area contributed by atoms with Crippen LogP contribution in [0.25, 0.3) is 0 Å². The Labute approximate surface area is 166 Å². The van der Waals surface area contributed by atoms with E-state index in [9.17, 15) is 14.0 Å². The smallest absolute Gasteiger partial charge is 0.262 e. The number of hydrogen-bond acceptors (Lipinski definition) is 5. The first-order valence-corrected chi connectivity index (χ1v) is 8.98. The molecule has 9 heteroatoms. The van der Waals surface area contributed by atoms with Crippen LogP contribution in [0, 0.1) is 12.7 Å². The minimum absolute atomic E-state index is 0.0281. The zero-order valence-electron chi connectivity index (χ0n) is 15.6. The van der Waals surface area contributed by atoms with Crippen molar-refractivity contribution < 1.29 is 23.2 Å². The van der Waals surface area contributed by atoms with Crippen LogP contribution in [-0.2, 0) is 11.2 Å². The first-order chi connectivity index (χ1) is 13.3. The van der Waals surface area contributed by atoms with Crippen LogP contribution in [-0.4, -0.2) is 30.1 Å². The molecule has 1 aromatic carbocycles. The van der Waals surface area contributed by atoms with Crippen molar-refractivity contribution in [2.75, 3.05) is 13.2 Å². The van der Waals surface area contributed by atoms with Crippen molar-refractivity contribution in [2.24, 2.45) is 0 Å². The van der Waals surface area contributed by atoms with Gasteiger partial charge in [-0.2, -0.15) is 0 Å². The van der Waals surface area contributed by atoms with E-state index in [0.29, 0.717) is 35.6 Å². The Morgan fingerprint density at radius 1 is 1.39 bits per heavy atom. The van der Waals surface area contributed by atoms with Crippen LogP contribution in [0.3, 0.4) is 0 Å². The Morgan fingerprint density at radius 2 is 2.14 bits per heavy atom. The van der Waals surface area contributed by atoms with Crippen LogP contribution in [0.1, 0.15) is 35.2 Å². The van der Waals surface area contributed by atoms with Crippen LogP contribution >= 0.6 is 11.6 Å². The van der Waals surface area contributed by atoms with Gasteiger partial charge in [-0.1, -0.05) is 30.3 Å². The number of aryl methyl sites for hydroxylation is 2. The van der Waals surface area contributed by atoms with Gasteiger partial charge in [-0.05, 0) is 25.5 Å². The lowest BCUT2D eigenvalue weighted by Gasteiger charge is -2.10. The highest BCUT2D eigenvalue weighted by Gasteiger charge is 2.18. The molecule has 1 aromatic heterocycles. The largest absolute Gasteiger partial charge is 0.484 e. The number of benzene rings is 1. The Balaban J connectivity index is 1.73. The molecule has 0 saturated carbocycles. The molecule has 2 rings (SSSR count). The monoisotopic (exact) mass is 409 g/mol. The molecule has 28 heavy (non-hydrogen) atoms. The van der Waals surface area contributed by atoms with Gasteiger partial charge in [-0.15, -0.1) is 0 Å². The first kappa shape index (κ1) is 21.4. The van der Waals surface area contributed by atoms with Gasteiger partial charge in [0.1, 0.15) is 22.9 Å². The van der Waals surface area contributed by atoms with Gasteiger partial charge < -0.3 is 19.9 Å². The minimum atomic E-state index is -0.631. The lowest BCUT2D eigenvalue weighted by atomic mass is 10.1. The maximum Gasteiger partial charge on any atom is 0.262 e. The lowest BCUT2D eigenvalue weighted by Crippen LogP contribution is -2.31. The summed E-state index contributed by atoms with van der Waals surface area (Å²) in [7, 11) is 0. The van der Waals surface area contributed by atoms with E-state index in [4.69, 9.17) is 20.9 Å². The average Bonchev–Trinajstić information content (AvgIpc) is 3.03. The van der Waals surface area contributed by atoms with Crippen molar-refractivity contribution in [3.8, 4) is 5.75 Å². The molecule has 150 valence electrons. The normalized spacial score (nSPS) is 10.4. The van der Waals surface area contributed by atoms with Crippen molar-refractivity contribution >= 4 is 23.4 Å². The average molecular weight is 410 g/mol. The van der Waals surface area contributed by atoms with Gasteiger partial charge in [0, 0.05) is 24.7 Å². The number of nitrogens with zero attached hydrogens (tertiary/aromatic N) is 1. The number of aromatic nitrogens is 1. The SMILES string of the molecule is C=C(CCNC(=O)c1c(CC)noc1C)NC(=O)COc1ccc(Cl)c(F)c1. The highest BCUT2D eigenvalue weighted by atomic mass is 35.5. The van der Waals surface area contributed by atoms with Gasteiger partial charge >= 0.3 is 0 Å². The summed E-state index contributed by atoms with van der Waals surface area (Å²) in [6.07, 6.45) is 0.916. The number of hydrogen-bond donors (Lipinski definition) is 2. The van der Waals surface area contributed by atoms with E-state index in [2.05, 4.69) is 22.4 Å². The summed E-state index contributed by atoms with van der Waals surface area (Å²) in [4.78, 5) is 24.1. The van der Waals surface area contributed by atoms with Crippen molar-refractivity contribution in [1.29, 1.82) is 0 Å². The molecule has 2 amide bonds. The van der Waals surface area contributed by atoms with E-state index in [0.717, 1.165) is 6.07 Å². The second-order valence-electron chi connectivity index (χ2n) is 5.94. The highest BCUT2D eigenvalue weighted by molar-refractivity contribution is 6.30. The summed E-state index contributed by atoms with van der Waals surface area (Å²) in [6.45, 7) is 7.25. The molecule has 0 saturated heterocycles. The van der Waals surface area contributed by atoms with Gasteiger partial charge in [0.2, 0.25) is 0 Å². The Hall–Kier alpha value is -2.87. The highest BCUT2D eigenvalue weighted by Crippen LogP contribution is 2.20. The number of halogens is 2. The molecule has 2 N–H and O–H groups in total. The van der Waals surface area contributed by atoms with Crippen molar-refractivity contribution in [1.82, 2.24) is 15.8 Å². The molecule has 0 atom stereocenters. The molecule has 2 aromatic rings. The van der Waals surface area contributed by atoms with Gasteiger partial charge in [-0.3, -0.25) is 9.59 Å². The first-order valence-electron chi connectivity index (χ1n) is 8.60. The fraction of sp³-hybridized carbons (Fsp3) is 0.316. The van der Waals surface area contributed by atoms with E-state index in [1.165, 1.54) is 12.1 Å². The fourth-order valence-electron chi connectivity index (χ4n) is 2.38. The summed E-state index contributed by atoms with van der Waals surface area (Å²) >= 11 is 5.58. The number of rotatable bonds is 9. The van der Waals surface area contributed by atoms with Crippen LogP contribution < -0.4 is 15.4 Å². The summed E-state index contributed by atoms with van der Waals surface area (Å²) in [5, 5.41) is 9.11. The molecular formula is C19H21ClFN3O4. The predicted octanol–water partition coefficient (Wildman–Crippen LogP) is 3.17. The molecule has 0 radical (unpaired) electrons. The minimum Gasteiger partial charge on any atom is -0.484 e. The summed E-state index contributed by atoms with van der Waals surface area (Å²) < 4.78 is 23.6. The maximum absolute atomic E-state index is 13.3. The molecule has 0 bridgehead atoms. The summed E-state index contributed by atoms with van der Waals surface area (Å²) in [5.41, 5.74) is 1.44. The number of amides is 2. The molecule has 0 aliphatic heterocycles. The number of carbonyl (C=O) groups excluding carboxylic acids is 2. The van der Waals surface area contributed by atoms with E-state index < -0.39 is 11.7 Å². The van der Waals surface area contributed by atoms with Gasteiger partial charge in [0.25, 0.3) is 11.8 Å². The van der Waals surface area contributed by atoms with Crippen molar-refractivity contribution in [3.05, 3.63) is 58.3 Å². The fourth-order valence-corrected chi connectivity index (χ4v) is 2.49. The lowest BCUT2D eigenvalue weighted by molar-refractivity contribution is -0.122. The quantitative estimate of drug-likeness (QED) is 0.663. The van der Waals surface area contributed by atoms with Gasteiger partial charge in [0.05, 0.1) is 10.7 Å². The zero-order valence-corrected chi connectivity index (χ0v) is 16.4. The molecule has 0 aliphatic carbocycles. The number of carbonyl (C=O) groups is 2. The van der Waals surface area contributed by atoms with Crippen LogP contribution in [0.15, 0.2) is 35.0 Å². The Kier molecular flexibility index (Phi) is 7.57. The zero-order chi connectivity index (χ0) is 20.7. The third-order valence-electron chi connectivity index (χ3n) is 3.78. The second-order valence-corrected chi connectivity index (χ2v) is 6.34. The van der Waals surface area contributed by atoms with E-state index in [1.807, 2.05) is 6.92 Å². The molecule has 7 nitrogen and oxygen atoms in total. The molecule has 0 fully saturated rings. The summed E-state index contributed by atoms with van der Waals surface area (Å²) in [6, 6.07) is 3.89. The van der Waals surface area contributed by atoms with E-state index in [-0.39, 0.29) is 29.8 Å². The van der Waals surface area contributed by atoms with Crippen molar-refractivity contribution in [3.63, 3.8) is 0 Å². The van der Waals surface area contributed by atoms with Crippen LogP contribution in [0.4, 0.5) is 4.39 Å². The topological polar surface area (TPSA) is 93.5 Å².